The summed E-state index contributed by atoms with van der Waals surface area (Å²) < 4.78 is 4.78. The molecule has 1 saturated heterocycles. The second-order valence-electron chi connectivity index (χ2n) is 8.47. The molecule has 1 aromatic carbocycles. The van der Waals surface area contributed by atoms with E-state index in [4.69, 9.17) is 9.72 Å². The Labute approximate surface area is 219 Å². The van der Waals surface area contributed by atoms with Gasteiger partial charge in [-0.1, -0.05) is 6.07 Å². The van der Waals surface area contributed by atoms with Crippen molar-refractivity contribution in [3.05, 3.63) is 84.4 Å². The van der Waals surface area contributed by atoms with E-state index < -0.39 is 5.97 Å². The van der Waals surface area contributed by atoms with Crippen LogP contribution in [0.5, 0.6) is 0 Å². The summed E-state index contributed by atoms with van der Waals surface area (Å²) >= 11 is 0. The monoisotopic (exact) mass is 510 g/mol. The molecule has 5 rings (SSSR count). The van der Waals surface area contributed by atoms with Gasteiger partial charge in [0.25, 0.3) is 5.91 Å². The minimum absolute atomic E-state index is 0.289. The van der Waals surface area contributed by atoms with Gasteiger partial charge in [-0.15, -0.1) is 0 Å². The van der Waals surface area contributed by atoms with Gasteiger partial charge >= 0.3 is 5.97 Å². The summed E-state index contributed by atoms with van der Waals surface area (Å²) in [6.45, 7) is 3.46. The number of anilines is 4. The van der Waals surface area contributed by atoms with Gasteiger partial charge in [-0.05, 0) is 42.5 Å². The van der Waals surface area contributed by atoms with Crippen molar-refractivity contribution in [1.82, 2.24) is 25.3 Å². The zero-order valence-corrected chi connectivity index (χ0v) is 20.7. The van der Waals surface area contributed by atoms with Crippen molar-refractivity contribution >= 4 is 35.0 Å². The summed E-state index contributed by atoms with van der Waals surface area (Å²) in [4.78, 5) is 45.0. The molecule has 0 spiro atoms. The van der Waals surface area contributed by atoms with E-state index in [1.807, 2.05) is 12.1 Å². The van der Waals surface area contributed by atoms with Gasteiger partial charge in [0.05, 0.1) is 30.3 Å². The van der Waals surface area contributed by atoms with Crippen molar-refractivity contribution in [2.45, 2.75) is 0 Å². The van der Waals surface area contributed by atoms with E-state index in [2.05, 4.69) is 35.8 Å². The van der Waals surface area contributed by atoms with Gasteiger partial charge in [0, 0.05) is 55.9 Å². The van der Waals surface area contributed by atoms with Gasteiger partial charge in [-0.2, -0.15) is 0 Å². The minimum atomic E-state index is -0.515. The number of nitrogens with zero attached hydrogens (tertiary/aromatic N) is 5. The van der Waals surface area contributed by atoms with Crippen LogP contribution in [0.25, 0.3) is 11.3 Å². The number of nitrogens with one attached hydrogen (secondary N) is 3. The molecule has 1 amide bonds. The first-order chi connectivity index (χ1) is 18.6. The number of rotatable bonds is 7. The highest BCUT2D eigenvalue weighted by molar-refractivity contribution is 6.07. The standard InChI is InChI=1S/C27H26N8O3/c1-38-27(37)20-4-2-3-19(15-20)26(36)32-21-5-6-22(33-23-17-29-9-10-30-23)34-25(21)18-7-8-31-24(16-18)35-13-11-28-12-14-35/h2-10,15-17,28H,11-14H2,1H3,(H,32,36)(H,30,33,34). The highest BCUT2D eigenvalue weighted by Crippen LogP contribution is 2.31. The number of amides is 1. The molecular weight excluding hydrogens is 484 g/mol. The number of hydrogen-bond donors (Lipinski definition) is 3. The van der Waals surface area contributed by atoms with E-state index in [1.54, 1.807) is 55.1 Å². The Morgan fingerprint density at radius 1 is 0.947 bits per heavy atom. The number of piperazine rings is 1. The number of esters is 1. The number of benzene rings is 1. The number of carbonyl (C=O) groups excluding carboxylic acids is 2. The van der Waals surface area contributed by atoms with E-state index in [-0.39, 0.29) is 11.5 Å². The molecule has 1 aliphatic heterocycles. The number of pyridine rings is 2. The zero-order chi connectivity index (χ0) is 26.3. The predicted molar refractivity (Wildman–Crippen MR) is 144 cm³/mol. The molecule has 0 saturated carbocycles. The topological polar surface area (TPSA) is 134 Å². The van der Waals surface area contributed by atoms with E-state index >= 15 is 0 Å². The van der Waals surface area contributed by atoms with Gasteiger partial charge in [-0.25, -0.2) is 19.7 Å². The van der Waals surface area contributed by atoms with Crippen molar-refractivity contribution < 1.29 is 14.3 Å². The van der Waals surface area contributed by atoms with Gasteiger partial charge in [0.15, 0.2) is 0 Å². The first kappa shape index (κ1) is 24.8. The predicted octanol–water partition coefficient (Wildman–Crippen LogP) is 3.13. The van der Waals surface area contributed by atoms with Gasteiger partial charge in [-0.3, -0.25) is 9.78 Å². The number of ether oxygens (including phenoxy) is 1. The number of carbonyl (C=O) groups is 2. The van der Waals surface area contributed by atoms with Crippen LogP contribution in [0.4, 0.5) is 23.1 Å². The van der Waals surface area contributed by atoms with Crippen LogP contribution in [0.2, 0.25) is 0 Å². The van der Waals surface area contributed by atoms with Gasteiger partial charge < -0.3 is 25.6 Å². The Balaban J connectivity index is 1.49. The van der Waals surface area contributed by atoms with Crippen molar-refractivity contribution in [3.8, 4) is 11.3 Å². The normalized spacial score (nSPS) is 13.0. The third kappa shape index (κ3) is 5.73. The van der Waals surface area contributed by atoms with E-state index in [9.17, 15) is 9.59 Å². The van der Waals surface area contributed by atoms with Crippen LogP contribution in [-0.4, -0.2) is 65.1 Å². The Morgan fingerprint density at radius 2 is 1.79 bits per heavy atom. The first-order valence-electron chi connectivity index (χ1n) is 12.1. The maximum absolute atomic E-state index is 13.2. The van der Waals surface area contributed by atoms with Crippen molar-refractivity contribution in [2.75, 3.05) is 48.8 Å². The third-order valence-corrected chi connectivity index (χ3v) is 5.97. The van der Waals surface area contributed by atoms with Crippen molar-refractivity contribution in [3.63, 3.8) is 0 Å². The Morgan fingerprint density at radius 3 is 2.58 bits per heavy atom. The lowest BCUT2D eigenvalue weighted by atomic mass is 10.1. The molecule has 3 N–H and O–H groups in total. The largest absolute Gasteiger partial charge is 0.465 e. The average molecular weight is 511 g/mol. The molecule has 0 bridgehead atoms. The molecule has 1 aliphatic rings. The summed E-state index contributed by atoms with van der Waals surface area (Å²) in [5.41, 5.74) is 2.44. The molecule has 4 heterocycles. The molecule has 11 heteroatoms. The fraction of sp³-hybridized carbons (Fsp3) is 0.185. The molecule has 192 valence electrons. The van der Waals surface area contributed by atoms with Gasteiger partial charge in [0.2, 0.25) is 0 Å². The number of hydrogen-bond acceptors (Lipinski definition) is 10. The van der Waals surface area contributed by atoms with E-state index in [1.165, 1.54) is 13.2 Å². The van der Waals surface area contributed by atoms with E-state index in [0.29, 0.717) is 28.6 Å². The van der Waals surface area contributed by atoms with Crippen LogP contribution < -0.4 is 20.9 Å². The molecule has 0 unspecified atom stereocenters. The molecule has 0 aliphatic carbocycles. The second kappa shape index (κ2) is 11.4. The van der Waals surface area contributed by atoms with Crippen LogP contribution in [0.1, 0.15) is 20.7 Å². The van der Waals surface area contributed by atoms with Crippen LogP contribution in [-0.2, 0) is 4.74 Å². The quantitative estimate of drug-likeness (QED) is 0.318. The lowest BCUT2D eigenvalue weighted by Crippen LogP contribution is -2.43. The van der Waals surface area contributed by atoms with Crippen molar-refractivity contribution in [1.29, 1.82) is 0 Å². The Bertz CT molecular complexity index is 1440. The zero-order valence-electron chi connectivity index (χ0n) is 20.7. The lowest BCUT2D eigenvalue weighted by molar-refractivity contribution is 0.0600. The molecule has 3 aromatic heterocycles. The fourth-order valence-electron chi connectivity index (χ4n) is 4.08. The SMILES string of the molecule is COC(=O)c1cccc(C(=O)Nc2ccc(Nc3cnccn3)nc2-c2ccnc(N3CCNCC3)c2)c1. The summed E-state index contributed by atoms with van der Waals surface area (Å²) in [5, 5.41) is 9.44. The van der Waals surface area contributed by atoms with E-state index in [0.717, 1.165) is 37.6 Å². The Hall–Kier alpha value is -4.90. The second-order valence-corrected chi connectivity index (χ2v) is 8.47. The molecule has 11 nitrogen and oxygen atoms in total. The molecule has 38 heavy (non-hydrogen) atoms. The van der Waals surface area contributed by atoms with Crippen molar-refractivity contribution in [2.24, 2.45) is 0 Å². The highest BCUT2D eigenvalue weighted by atomic mass is 16.5. The summed E-state index contributed by atoms with van der Waals surface area (Å²) in [5.74, 6) is 1.01. The highest BCUT2D eigenvalue weighted by Gasteiger charge is 2.17. The molecular formula is C27H26N8O3. The maximum Gasteiger partial charge on any atom is 0.337 e. The smallest absolute Gasteiger partial charge is 0.337 e. The molecule has 1 fully saturated rings. The molecule has 0 radical (unpaired) electrons. The summed E-state index contributed by atoms with van der Waals surface area (Å²) in [7, 11) is 1.30. The number of aromatic nitrogens is 4. The summed E-state index contributed by atoms with van der Waals surface area (Å²) in [6, 6.07) is 13.7. The van der Waals surface area contributed by atoms with Crippen LogP contribution >= 0.6 is 0 Å². The van der Waals surface area contributed by atoms with Crippen LogP contribution in [0.15, 0.2) is 73.3 Å². The molecule has 0 atom stereocenters. The Kier molecular flexibility index (Phi) is 7.46. The number of methoxy groups -OCH3 is 1. The van der Waals surface area contributed by atoms with Crippen LogP contribution in [0, 0.1) is 0 Å². The fourth-order valence-corrected chi connectivity index (χ4v) is 4.08. The van der Waals surface area contributed by atoms with Gasteiger partial charge in [0.1, 0.15) is 17.5 Å². The minimum Gasteiger partial charge on any atom is -0.465 e. The molecule has 4 aromatic rings. The summed E-state index contributed by atoms with van der Waals surface area (Å²) in [6.07, 6.45) is 6.51. The maximum atomic E-state index is 13.2. The first-order valence-corrected chi connectivity index (χ1v) is 12.1. The lowest BCUT2D eigenvalue weighted by Gasteiger charge is -2.28. The van der Waals surface area contributed by atoms with Crippen LogP contribution in [0.3, 0.4) is 0 Å². The average Bonchev–Trinajstić information content (AvgIpc) is 2.98. The third-order valence-electron chi connectivity index (χ3n) is 5.97.